The molecule has 2 heterocycles. The highest BCUT2D eigenvalue weighted by molar-refractivity contribution is 8.00. The van der Waals surface area contributed by atoms with Crippen LogP contribution in [0.2, 0.25) is 0 Å². The quantitative estimate of drug-likeness (QED) is 0.871. The molecular weight excluding hydrogens is 310 g/mol. The molecule has 1 atom stereocenters. The lowest BCUT2D eigenvalue weighted by Gasteiger charge is -2.23. The first-order valence-corrected chi connectivity index (χ1v) is 9.04. The van der Waals surface area contributed by atoms with Gasteiger partial charge in [-0.3, -0.25) is 4.79 Å². The number of hydrogen-bond donors (Lipinski definition) is 1. The largest absolute Gasteiger partial charge is 0.497 e. The highest BCUT2D eigenvalue weighted by Crippen LogP contribution is 2.27. The van der Waals surface area contributed by atoms with Crippen molar-refractivity contribution in [2.45, 2.75) is 43.0 Å². The van der Waals surface area contributed by atoms with Crippen LogP contribution >= 0.6 is 11.8 Å². The summed E-state index contributed by atoms with van der Waals surface area (Å²) in [5, 5.41) is 0.652. The summed E-state index contributed by atoms with van der Waals surface area (Å²) >= 11 is 1.49. The van der Waals surface area contributed by atoms with Crippen molar-refractivity contribution in [3.8, 4) is 5.75 Å². The van der Waals surface area contributed by atoms with Gasteiger partial charge >= 0.3 is 0 Å². The molecule has 3 rings (SSSR count). The van der Waals surface area contributed by atoms with E-state index in [1.807, 2.05) is 30.0 Å². The van der Waals surface area contributed by atoms with Crippen molar-refractivity contribution >= 4 is 28.7 Å². The summed E-state index contributed by atoms with van der Waals surface area (Å²) < 4.78 is 5.23. The summed E-state index contributed by atoms with van der Waals surface area (Å²) in [6.07, 6.45) is 4.70. The minimum atomic E-state index is -0.129. The van der Waals surface area contributed by atoms with Gasteiger partial charge in [0.1, 0.15) is 5.75 Å². The number of benzene rings is 1. The molecule has 0 aliphatic carbocycles. The van der Waals surface area contributed by atoms with Gasteiger partial charge in [0.05, 0.1) is 23.4 Å². The van der Waals surface area contributed by atoms with Crippen LogP contribution in [0.15, 0.2) is 23.4 Å². The molecule has 1 aromatic heterocycles. The third-order valence-corrected chi connectivity index (χ3v) is 5.19. The van der Waals surface area contributed by atoms with E-state index in [2.05, 4.69) is 9.97 Å². The predicted octanol–water partition coefficient (Wildman–Crippen LogP) is 3.45. The predicted molar refractivity (Wildman–Crippen MR) is 93.0 cm³/mol. The Bertz CT molecular complexity index is 678. The fraction of sp³-hybridized carbons (Fsp3) is 0.529. The second-order valence-electron chi connectivity index (χ2n) is 5.92. The molecule has 0 spiro atoms. The highest BCUT2D eigenvalue weighted by atomic mass is 32.2. The molecule has 1 N–H and O–H groups in total. The van der Waals surface area contributed by atoms with Crippen molar-refractivity contribution in [1.29, 1.82) is 0 Å². The number of aromatic nitrogens is 2. The Labute approximate surface area is 140 Å². The van der Waals surface area contributed by atoms with Crippen LogP contribution in [0, 0.1) is 0 Å². The molecule has 1 unspecified atom stereocenters. The third kappa shape index (κ3) is 3.80. The molecule has 124 valence electrons. The zero-order valence-electron chi connectivity index (χ0n) is 13.7. The van der Waals surface area contributed by atoms with E-state index in [-0.39, 0.29) is 11.2 Å². The van der Waals surface area contributed by atoms with Crippen LogP contribution < -0.4 is 4.74 Å². The smallest absolute Gasteiger partial charge is 0.235 e. The van der Waals surface area contributed by atoms with Gasteiger partial charge in [0.25, 0.3) is 0 Å². The molecule has 1 fully saturated rings. The molecule has 5 nitrogen and oxygen atoms in total. The van der Waals surface area contributed by atoms with Crippen molar-refractivity contribution in [1.82, 2.24) is 14.9 Å². The molecule has 1 saturated heterocycles. The van der Waals surface area contributed by atoms with E-state index in [9.17, 15) is 4.79 Å². The number of likely N-dealkylation sites (tertiary alicyclic amines) is 1. The minimum absolute atomic E-state index is 0.129. The molecule has 6 heteroatoms. The zero-order valence-corrected chi connectivity index (χ0v) is 14.5. The van der Waals surface area contributed by atoms with Gasteiger partial charge < -0.3 is 14.6 Å². The summed E-state index contributed by atoms with van der Waals surface area (Å²) in [6.45, 7) is 3.74. The maximum atomic E-state index is 12.6. The molecule has 1 aromatic carbocycles. The number of amides is 1. The molecule has 0 bridgehead atoms. The number of methoxy groups -OCH3 is 1. The summed E-state index contributed by atoms with van der Waals surface area (Å²) in [5.74, 6) is 1.02. The molecule has 23 heavy (non-hydrogen) atoms. The van der Waals surface area contributed by atoms with Crippen LogP contribution in [0.25, 0.3) is 11.0 Å². The van der Waals surface area contributed by atoms with Crippen LogP contribution in [-0.2, 0) is 4.79 Å². The van der Waals surface area contributed by atoms with Crippen molar-refractivity contribution in [3.05, 3.63) is 18.2 Å². The number of H-pyrrole nitrogens is 1. The third-order valence-electron chi connectivity index (χ3n) is 4.22. The van der Waals surface area contributed by atoms with E-state index >= 15 is 0 Å². The number of hydrogen-bond acceptors (Lipinski definition) is 4. The number of rotatable bonds is 4. The number of thioether (sulfide) groups is 1. The number of nitrogens with one attached hydrogen (secondary N) is 1. The van der Waals surface area contributed by atoms with Gasteiger partial charge in [-0.25, -0.2) is 4.98 Å². The number of aromatic amines is 1. The van der Waals surface area contributed by atoms with E-state index in [1.54, 1.807) is 7.11 Å². The number of nitrogens with zero attached hydrogens (tertiary/aromatic N) is 2. The van der Waals surface area contributed by atoms with E-state index in [4.69, 9.17) is 4.74 Å². The number of imidazole rings is 1. The molecular formula is C17H23N3O2S. The van der Waals surface area contributed by atoms with Crippen LogP contribution in [0.1, 0.15) is 32.6 Å². The molecule has 1 amide bonds. The Hall–Kier alpha value is -1.69. The van der Waals surface area contributed by atoms with Crippen LogP contribution in [0.4, 0.5) is 0 Å². The second kappa shape index (κ2) is 7.25. The maximum Gasteiger partial charge on any atom is 0.235 e. The average molecular weight is 333 g/mol. The molecule has 1 aliphatic heterocycles. The lowest BCUT2D eigenvalue weighted by Crippen LogP contribution is -2.37. The Morgan fingerprint density at radius 1 is 1.30 bits per heavy atom. The number of fused-ring (bicyclic) bond motifs is 1. The maximum absolute atomic E-state index is 12.6. The van der Waals surface area contributed by atoms with Gasteiger partial charge in [0.2, 0.25) is 5.91 Å². The van der Waals surface area contributed by atoms with Gasteiger partial charge in [-0.2, -0.15) is 0 Å². The van der Waals surface area contributed by atoms with Crippen molar-refractivity contribution < 1.29 is 9.53 Å². The molecule has 0 radical (unpaired) electrons. The summed E-state index contributed by atoms with van der Waals surface area (Å²) in [7, 11) is 1.65. The Morgan fingerprint density at radius 2 is 2.04 bits per heavy atom. The first-order valence-electron chi connectivity index (χ1n) is 8.16. The Kier molecular flexibility index (Phi) is 5.10. The van der Waals surface area contributed by atoms with Gasteiger partial charge in [-0.05, 0) is 31.9 Å². The lowest BCUT2D eigenvalue weighted by molar-refractivity contribution is -0.130. The lowest BCUT2D eigenvalue weighted by atomic mass is 10.2. The second-order valence-corrected chi connectivity index (χ2v) is 7.25. The van der Waals surface area contributed by atoms with Gasteiger partial charge in [-0.1, -0.05) is 24.6 Å². The minimum Gasteiger partial charge on any atom is -0.497 e. The summed E-state index contributed by atoms with van der Waals surface area (Å²) in [5.41, 5.74) is 1.82. The van der Waals surface area contributed by atoms with Crippen LogP contribution in [-0.4, -0.2) is 46.2 Å². The number of ether oxygens (including phenoxy) is 1. The van der Waals surface area contributed by atoms with Gasteiger partial charge in [-0.15, -0.1) is 0 Å². The molecule has 2 aromatic rings. The highest BCUT2D eigenvalue weighted by Gasteiger charge is 2.23. The topological polar surface area (TPSA) is 58.2 Å². The zero-order chi connectivity index (χ0) is 16.2. The number of carbonyl (C=O) groups is 1. The SMILES string of the molecule is COc1ccc2nc(SC(C)C(=O)N3CCCCCC3)[nH]c2c1. The Morgan fingerprint density at radius 3 is 2.74 bits per heavy atom. The van der Waals surface area contributed by atoms with Crippen LogP contribution in [0.3, 0.4) is 0 Å². The average Bonchev–Trinajstić information content (AvgIpc) is 2.77. The monoisotopic (exact) mass is 333 g/mol. The van der Waals surface area contributed by atoms with E-state index in [1.165, 1.54) is 24.6 Å². The first-order chi connectivity index (χ1) is 11.2. The van der Waals surface area contributed by atoms with Gasteiger partial charge in [0.15, 0.2) is 5.16 Å². The molecule has 0 saturated carbocycles. The van der Waals surface area contributed by atoms with E-state index in [0.29, 0.717) is 0 Å². The van der Waals surface area contributed by atoms with E-state index < -0.39 is 0 Å². The molecule has 1 aliphatic rings. The normalized spacial score (nSPS) is 17.0. The van der Waals surface area contributed by atoms with Gasteiger partial charge in [0, 0.05) is 19.2 Å². The fourth-order valence-corrected chi connectivity index (χ4v) is 3.82. The fourth-order valence-electron chi connectivity index (χ4n) is 2.91. The first kappa shape index (κ1) is 16.2. The Balaban J connectivity index is 1.69. The number of carbonyl (C=O) groups excluding carboxylic acids is 1. The summed E-state index contributed by atoms with van der Waals surface area (Å²) in [6, 6.07) is 5.74. The van der Waals surface area contributed by atoms with Crippen molar-refractivity contribution in [2.24, 2.45) is 0 Å². The van der Waals surface area contributed by atoms with Crippen LogP contribution in [0.5, 0.6) is 5.75 Å². The van der Waals surface area contributed by atoms with E-state index in [0.717, 1.165) is 47.9 Å². The summed E-state index contributed by atoms with van der Waals surface area (Å²) in [4.78, 5) is 22.5. The standard InChI is InChI=1S/C17H23N3O2S/c1-12(16(21)20-9-5-3-4-6-10-20)23-17-18-14-8-7-13(22-2)11-15(14)19-17/h7-8,11-12H,3-6,9-10H2,1-2H3,(H,18,19). The van der Waals surface area contributed by atoms with Crippen molar-refractivity contribution in [3.63, 3.8) is 0 Å². The van der Waals surface area contributed by atoms with Crippen molar-refractivity contribution in [2.75, 3.05) is 20.2 Å².